The average molecular weight is 387 g/mol. The quantitative estimate of drug-likeness (QED) is 0.508. The van der Waals surface area contributed by atoms with Crippen molar-refractivity contribution in [1.29, 1.82) is 0 Å². The number of nitrogens with one attached hydrogen (secondary N) is 2. The topological polar surface area (TPSA) is 73.3 Å². The molecule has 0 amide bonds. The van der Waals surface area contributed by atoms with Gasteiger partial charge in [-0.05, 0) is 43.2 Å². The molecule has 0 atom stereocenters. The third-order valence-electron chi connectivity index (χ3n) is 4.10. The number of benzene rings is 2. The summed E-state index contributed by atoms with van der Waals surface area (Å²) < 4.78 is 21.6. The summed E-state index contributed by atoms with van der Waals surface area (Å²) in [7, 11) is 6.62. The molecule has 0 bridgehead atoms. The first-order chi connectivity index (χ1) is 13.6. The molecule has 0 aliphatic heterocycles. The maximum atomic E-state index is 5.55. The van der Waals surface area contributed by atoms with Gasteiger partial charge in [-0.25, -0.2) is 0 Å². The van der Waals surface area contributed by atoms with Crippen LogP contribution in [-0.2, 0) is 6.42 Å². The minimum atomic E-state index is 0.586. The lowest BCUT2D eigenvalue weighted by atomic mass is 10.1. The number of hydrogen-bond acceptors (Lipinski definition) is 5. The summed E-state index contributed by atoms with van der Waals surface area (Å²) in [6.07, 6.45) is 0.813. The first-order valence-electron chi connectivity index (χ1n) is 9.14. The van der Waals surface area contributed by atoms with Gasteiger partial charge in [0.05, 0.1) is 27.9 Å². The van der Waals surface area contributed by atoms with Crippen LogP contribution in [0.25, 0.3) is 0 Å². The molecule has 0 saturated carbocycles. The van der Waals surface area contributed by atoms with Crippen LogP contribution in [0.15, 0.2) is 41.4 Å². The number of ether oxygens (including phenoxy) is 4. The highest BCUT2D eigenvalue weighted by atomic mass is 16.5. The van der Waals surface area contributed by atoms with Gasteiger partial charge in [0, 0.05) is 25.3 Å². The van der Waals surface area contributed by atoms with Gasteiger partial charge in [-0.3, -0.25) is 4.99 Å². The Balaban J connectivity index is 1.95. The Morgan fingerprint density at radius 2 is 1.57 bits per heavy atom. The SMILES string of the molecule is CCOc1ccc(NC(=NC)NCCc2ccc(OC)c(OC)c2)cc1OC. The minimum Gasteiger partial charge on any atom is -0.493 e. The number of hydrogen-bond donors (Lipinski definition) is 2. The number of nitrogens with zero attached hydrogens (tertiary/aromatic N) is 1. The molecule has 0 aliphatic rings. The smallest absolute Gasteiger partial charge is 0.195 e. The summed E-state index contributed by atoms with van der Waals surface area (Å²) in [6.45, 7) is 3.24. The molecule has 0 aromatic heterocycles. The van der Waals surface area contributed by atoms with E-state index in [1.54, 1.807) is 28.4 Å². The van der Waals surface area contributed by atoms with Crippen LogP contribution in [0.4, 0.5) is 5.69 Å². The lowest BCUT2D eigenvalue weighted by Crippen LogP contribution is -2.32. The standard InChI is InChI=1S/C21H29N3O4/c1-6-28-18-10-8-16(14-20(18)27-5)24-21(22-2)23-12-11-15-7-9-17(25-3)19(13-15)26-4/h7-10,13-14H,6,11-12H2,1-5H3,(H2,22,23,24). The van der Waals surface area contributed by atoms with Crippen molar-refractivity contribution in [2.24, 2.45) is 4.99 Å². The van der Waals surface area contributed by atoms with Gasteiger partial charge in [0.25, 0.3) is 0 Å². The summed E-state index contributed by atoms with van der Waals surface area (Å²) in [5.41, 5.74) is 2.00. The van der Waals surface area contributed by atoms with E-state index in [-0.39, 0.29) is 0 Å². The Bertz CT molecular complexity index is 793. The van der Waals surface area contributed by atoms with Crippen LogP contribution in [-0.4, -0.2) is 47.5 Å². The van der Waals surface area contributed by atoms with Crippen LogP contribution in [0, 0.1) is 0 Å². The van der Waals surface area contributed by atoms with Gasteiger partial charge in [0.15, 0.2) is 29.0 Å². The maximum Gasteiger partial charge on any atom is 0.195 e. The van der Waals surface area contributed by atoms with E-state index in [1.807, 2.05) is 43.3 Å². The zero-order valence-electron chi connectivity index (χ0n) is 17.2. The molecule has 0 spiro atoms. The summed E-state index contributed by atoms with van der Waals surface area (Å²) in [5, 5.41) is 6.56. The van der Waals surface area contributed by atoms with Gasteiger partial charge < -0.3 is 29.6 Å². The predicted molar refractivity (Wildman–Crippen MR) is 112 cm³/mol. The fourth-order valence-electron chi connectivity index (χ4n) is 2.70. The zero-order chi connectivity index (χ0) is 20.4. The molecule has 28 heavy (non-hydrogen) atoms. The van der Waals surface area contributed by atoms with E-state index in [1.165, 1.54) is 0 Å². The van der Waals surface area contributed by atoms with Crippen LogP contribution in [0.3, 0.4) is 0 Å². The summed E-state index contributed by atoms with van der Waals surface area (Å²) in [6, 6.07) is 11.6. The summed E-state index contributed by atoms with van der Waals surface area (Å²) >= 11 is 0. The number of methoxy groups -OCH3 is 3. The van der Waals surface area contributed by atoms with E-state index in [0.717, 1.165) is 29.2 Å². The van der Waals surface area contributed by atoms with Crippen molar-refractivity contribution in [3.63, 3.8) is 0 Å². The molecular formula is C21H29N3O4. The second-order valence-corrected chi connectivity index (χ2v) is 5.86. The molecule has 0 heterocycles. The largest absolute Gasteiger partial charge is 0.493 e. The highest BCUT2D eigenvalue weighted by Crippen LogP contribution is 2.30. The van der Waals surface area contributed by atoms with Gasteiger partial charge >= 0.3 is 0 Å². The zero-order valence-corrected chi connectivity index (χ0v) is 17.2. The number of aliphatic imine (C=N–C) groups is 1. The second kappa shape index (κ2) is 10.9. The molecule has 7 nitrogen and oxygen atoms in total. The molecule has 0 radical (unpaired) electrons. The van der Waals surface area contributed by atoms with Crippen LogP contribution in [0.2, 0.25) is 0 Å². The van der Waals surface area contributed by atoms with Gasteiger partial charge in [0.1, 0.15) is 0 Å². The molecule has 0 aliphatic carbocycles. The minimum absolute atomic E-state index is 0.586. The monoisotopic (exact) mass is 387 g/mol. The molecule has 2 aromatic rings. The van der Waals surface area contributed by atoms with E-state index in [4.69, 9.17) is 18.9 Å². The molecule has 2 rings (SSSR count). The Morgan fingerprint density at radius 1 is 0.893 bits per heavy atom. The average Bonchev–Trinajstić information content (AvgIpc) is 2.73. The summed E-state index contributed by atoms with van der Waals surface area (Å²) in [4.78, 5) is 4.27. The first kappa shape index (κ1) is 21.2. The van der Waals surface area contributed by atoms with Gasteiger partial charge in [0.2, 0.25) is 0 Å². The summed E-state index contributed by atoms with van der Waals surface area (Å²) in [5.74, 6) is 3.51. The fourth-order valence-corrected chi connectivity index (χ4v) is 2.70. The van der Waals surface area contributed by atoms with Crippen molar-refractivity contribution in [2.75, 3.05) is 46.8 Å². The second-order valence-electron chi connectivity index (χ2n) is 5.86. The van der Waals surface area contributed by atoms with Crippen LogP contribution in [0.5, 0.6) is 23.0 Å². The molecule has 152 valence electrons. The van der Waals surface area contributed by atoms with E-state index in [9.17, 15) is 0 Å². The van der Waals surface area contributed by atoms with Gasteiger partial charge in [-0.2, -0.15) is 0 Å². The van der Waals surface area contributed by atoms with Crippen molar-refractivity contribution < 1.29 is 18.9 Å². The normalized spacial score (nSPS) is 11.0. The highest BCUT2D eigenvalue weighted by Gasteiger charge is 2.08. The molecule has 0 saturated heterocycles. The van der Waals surface area contributed by atoms with E-state index >= 15 is 0 Å². The first-order valence-corrected chi connectivity index (χ1v) is 9.14. The molecule has 0 fully saturated rings. The molecular weight excluding hydrogens is 358 g/mol. The van der Waals surface area contributed by atoms with Crippen LogP contribution < -0.4 is 29.6 Å². The van der Waals surface area contributed by atoms with Crippen molar-refractivity contribution in [3.05, 3.63) is 42.0 Å². The predicted octanol–water partition coefficient (Wildman–Crippen LogP) is 3.34. The molecule has 2 N–H and O–H groups in total. The maximum absolute atomic E-state index is 5.55. The van der Waals surface area contributed by atoms with Crippen molar-refractivity contribution in [3.8, 4) is 23.0 Å². The van der Waals surface area contributed by atoms with Gasteiger partial charge in [-0.15, -0.1) is 0 Å². The fraction of sp³-hybridized carbons (Fsp3) is 0.381. The lowest BCUT2D eigenvalue weighted by Gasteiger charge is -2.15. The number of guanidine groups is 1. The Kier molecular flexibility index (Phi) is 8.27. The van der Waals surface area contributed by atoms with E-state index in [2.05, 4.69) is 15.6 Å². The van der Waals surface area contributed by atoms with Crippen molar-refractivity contribution >= 4 is 11.6 Å². The number of anilines is 1. The number of rotatable bonds is 9. The molecule has 7 heteroatoms. The Hall–Kier alpha value is -3.09. The van der Waals surface area contributed by atoms with E-state index in [0.29, 0.717) is 30.6 Å². The molecule has 0 unspecified atom stereocenters. The van der Waals surface area contributed by atoms with E-state index < -0.39 is 0 Å². The molecule has 2 aromatic carbocycles. The van der Waals surface area contributed by atoms with Crippen LogP contribution >= 0.6 is 0 Å². The third kappa shape index (κ3) is 5.70. The van der Waals surface area contributed by atoms with Crippen molar-refractivity contribution in [2.45, 2.75) is 13.3 Å². The van der Waals surface area contributed by atoms with Crippen molar-refractivity contribution in [1.82, 2.24) is 5.32 Å². The third-order valence-corrected chi connectivity index (χ3v) is 4.10. The Labute approximate surface area is 166 Å². The lowest BCUT2D eigenvalue weighted by molar-refractivity contribution is 0.311. The van der Waals surface area contributed by atoms with Gasteiger partial charge in [-0.1, -0.05) is 6.07 Å². The van der Waals surface area contributed by atoms with Crippen LogP contribution in [0.1, 0.15) is 12.5 Å². The highest BCUT2D eigenvalue weighted by molar-refractivity contribution is 5.93. The Morgan fingerprint density at radius 3 is 2.21 bits per heavy atom.